The third-order valence-electron chi connectivity index (χ3n) is 4.47. The van der Waals surface area contributed by atoms with E-state index in [1.54, 1.807) is 13.3 Å². The van der Waals surface area contributed by atoms with Crippen molar-refractivity contribution in [3.63, 3.8) is 0 Å². The van der Waals surface area contributed by atoms with Crippen LogP contribution in [-0.2, 0) is 4.79 Å². The number of anilines is 1. The molecule has 1 aliphatic heterocycles. The number of aryl methyl sites for hydroxylation is 1. The maximum Gasteiger partial charge on any atom is 0.225 e. The van der Waals surface area contributed by atoms with Crippen LogP contribution in [0.15, 0.2) is 36.5 Å². The second-order valence-corrected chi connectivity index (χ2v) is 5.93. The molecular weight excluding hydrogens is 290 g/mol. The molecule has 3 aromatic rings. The first-order valence-electron chi connectivity index (χ1n) is 7.57. The monoisotopic (exact) mass is 307 g/mol. The van der Waals surface area contributed by atoms with E-state index in [1.807, 2.05) is 19.1 Å². The lowest BCUT2D eigenvalue weighted by Gasteiger charge is -2.27. The van der Waals surface area contributed by atoms with Gasteiger partial charge in [0.15, 0.2) is 0 Å². The van der Waals surface area contributed by atoms with Crippen molar-refractivity contribution in [1.29, 1.82) is 0 Å². The summed E-state index contributed by atoms with van der Waals surface area (Å²) in [6.07, 6.45) is 2.24. The lowest BCUT2D eigenvalue weighted by Crippen LogP contribution is -2.23. The standard InChI is InChI=1S/C18H17N3O2/c1-10-5-14-13(7-18(22)20-16(14)8-17(10)23-2)11-3-4-12-9-19-21-15(12)6-11/h3-6,8-9,13H,7H2,1-2H3,(H,19,21)(H,20,22). The molecule has 1 aliphatic rings. The Bertz CT molecular complexity index is 914. The number of fused-ring (bicyclic) bond motifs is 2. The molecule has 0 bridgehead atoms. The Balaban J connectivity index is 1.86. The Morgan fingerprint density at radius 1 is 1.26 bits per heavy atom. The number of carbonyl (C=O) groups excluding carboxylic acids is 1. The van der Waals surface area contributed by atoms with Gasteiger partial charge in [-0.15, -0.1) is 0 Å². The molecule has 0 saturated heterocycles. The molecule has 23 heavy (non-hydrogen) atoms. The van der Waals surface area contributed by atoms with Crippen LogP contribution in [0.3, 0.4) is 0 Å². The molecule has 116 valence electrons. The molecule has 0 fully saturated rings. The van der Waals surface area contributed by atoms with E-state index in [2.05, 4.69) is 33.7 Å². The van der Waals surface area contributed by atoms with Gasteiger partial charge in [-0.05, 0) is 35.7 Å². The minimum absolute atomic E-state index is 0.0260. The SMILES string of the molecule is COc1cc2c(cc1C)C(c1ccc3cn[nH]c3c1)CC(=O)N2. The van der Waals surface area contributed by atoms with E-state index in [0.29, 0.717) is 6.42 Å². The van der Waals surface area contributed by atoms with Gasteiger partial charge in [0, 0.05) is 29.5 Å². The van der Waals surface area contributed by atoms with Gasteiger partial charge in [-0.1, -0.05) is 12.1 Å². The predicted octanol–water partition coefficient (Wildman–Crippen LogP) is 3.35. The molecule has 0 spiro atoms. The summed E-state index contributed by atoms with van der Waals surface area (Å²) in [4.78, 5) is 12.1. The number of amides is 1. The Kier molecular flexibility index (Phi) is 3.08. The largest absolute Gasteiger partial charge is 0.496 e. The van der Waals surface area contributed by atoms with Crippen LogP contribution in [0, 0.1) is 6.92 Å². The number of ether oxygens (including phenoxy) is 1. The molecular formula is C18H17N3O2. The number of aromatic amines is 1. The van der Waals surface area contributed by atoms with Crippen LogP contribution in [-0.4, -0.2) is 23.2 Å². The molecule has 5 nitrogen and oxygen atoms in total. The van der Waals surface area contributed by atoms with Gasteiger partial charge < -0.3 is 10.1 Å². The Morgan fingerprint density at radius 2 is 2.13 bits per heavy atom. The maximum absolute atomic E-state index is 12.1. The van der Waals surface area contributed by atoms with Crippen molar-refractivity contribution < 1.29 is 9.53 Å². The van der Waals surface area contributed by atoms with Gasteiger partial charge in [-0.25, -0.2) is 0 Å². The summed E-state index contributed by atoms with van der Waals surface area (Å²) >= 11 is 0. The van der Waals surface area contributed by atoms with Gasteiger partial charge in [-0.2, -0.15) is 5.10 Å². The minimum atomic E-state index is 0.0260. The summed E-state index contributed by atoms with van der Waals surface area (Å²) in [6, 6.07) is 10.2. The second kappa shape index (κ2) is 5.12. The Labute approximate surface area is 133 Å². The molecule has 2 heterocycles. The molecule has 2 aromatic carbocycles. The number of methoxy groups -OCH3 is 1. The maximum atomic E-state index is 12.1. The number of nitrogens with zero attached hydrogens (tertiary/aromatic N) is 1. The third kappa shape index (κ3) is 2.25. The normalized spacial score (nSPS) is 17.0. The number of rotatable bonds is 2. The second-order valence-electron chi connectivity index (χ2n) is 5.93. The van der Waals surface area contributed by atoms with Crippen LogP contribution in [0.1, 0.15) is 29.0 Å². The van der Waals surface area contributed by atoms with Crippen molar-refractivity contribution in [3.8, 4) is 5.75 Å². The summed E-state index contributed by atoms with van der Waals surface area (Å²) in [6.45, 7) is 2.02. The molecule has 5 heteroatoms. The van der Waals surface area contributed by atoms with Crippen molar-refractivity contribution in [2.75, 3.05) is 12.4 Å². The van der Waals surface area contributed by atoms with E-state index >= 15 is 0 Å². The van der Waals surface area contributed by atoms with Crippen molar-refractivity contribution in [2.45, 2.75) is 19.3 Å². The number of hydrogen-bond donors (Lipinski definition) is 2. The molecule has 1 aromatic heterocycles. The number of hydrogen-bond acceptors (Lipinski definition) is 3. The highest BCUT2D eigenvalue weighted by Crippen LogP contribution is 2.40. The van der Waals surface area contributed by atoms with Gasteiger partial charge in [-0.3, -0.25) is 9.89 Å². The molecule has 4 rings (SSSR count). The van der Waals surface area contributed by atoms with Gasteiger partial charge in [0.1, 0.15) is 5.75 Å². The molecule has 0 radical (unpaired) electrons. The number of benzene rings is 2. The van der Waals surface area contributed by atoms with E-state index in [-0.39, 0.29) is 11.8 Å². The van der Waals surface area contributed by atoms with Crippen LogP contribution in [0.5, 0.6) is 5.75 Å². The van der Waals surface area contributed by atoms with Crippen LogP contribution < -0.4 is 10.1 Å². The predicted molar refractivity (Wildman–Crippen MR) is 88.9 cm³/mol. The van der Waals surface area contributed by atoms with Crippen molar-refractivity contribution in [1.82, 2.24) is 10.2 Å². The van der Waals surface area contributed by atoms with Crippen LogP contribution in [0.25, 0.3) is 10.9 Å². The fourth-order valence-electron chi connectivity index (χ4n) is 3.29. The highest BCUT2D eigenvalue weighted by atomic mass is 16.5. The van der Waals surface area contributed by atoms with E-state index in [4.69, 9.17) is 4.74 Å². The zero-order chi connectivity index (χ0) is 16.0. The summed E-state index contributed by atoms with van der Waals surface area (Å²) in [5, 5.41) is 11.1. The molecule has 0 saturated carbocycles. The highest BCUT2D eigenvalue weighted by molar-refractivity contribution is 5.96. The Morgan fingerprint density at radius 3 is 2.96 bits per heavy atom. The summed E-state index contributed by atoms with van der Waals surface area (Å²) in [7, 11) is 1.64. The first-order valence-corrected chi connectivity index (χ1v) is 7.57. The third-order valence-corrected chi connectivity index (χ3v) is 4.47. The van der Waals surface area contributed by atoms with Gasteiger partial charge >= 0.3 is 0 Å². The van der Waals surface area contributed by atoms with Crippen LogP contribution in [0.4, 0.5) is 5.69 Å². The highest BCUT2D eigenvalue weighted by Gasteiger charge is 2.27. The number of carbonyl (C=O) groups is 1. The van der Waals surface area contributed by atoms with Crippen LogP contribution in [0.2, 0.25) is 0 Å². The lowest BCUT2D eigenvalue weighted by atomic mass is 9.83. The first-order chi connectivity index (χ1) is 11.2. The van der Waals surface area contributed by atoms with Crippen molar-refractivity contribution >= 4 is 22.5 Å². The molecule has 2 N–H and O–H groups in total. The number of aromatic nitrogens is 2. The smallest absolute Gasteiger partial charge is 0.225 e. The molecule has 1 amide bonds. The van der Waals surface area contributed by atoms with Crippen molar-refractivity contribution in [2.24, 2.45) is 0 Å². The van der Waals surface area contributed by atoms with Gasteiger partial charge in [0.2, 0.25) is 5.91 Å². The van der Waals surface area contributed by atoms with E-state index < -0.39 is 0 Å². The fourth-order valence-corrected chi connectivity index (χ4v) is 3.29. The van der Waals surface area contributed by atoms with Gasteiger partial charge in [0.25, 0.3) is 0 Å². The molecule has 1 atom stereocenters. The fraction of sp³-hybridized carbons (Fsp3) is 0.222. The zero-order valence-corrected chi connectivity index (χ0v) is 13.0. The Hall–Kier alpha value is -2.82. The average molecular weight is 307 g/mol. The lowest BCUT2D eigenvalue weighted by molar-refractivity contribution is -0.116. The minimum Gasteiger partial charge on any atom is -0.496 e. The summed E-state index contributed by atoms with van der Waals surface area (Å²) in [5.74, 6) is 0.850. The number of nitrogens with one attached hydrogen (secondary N) is 2. The molecule has 0 aliphatic carbocycles. The van der Waals surface area contributed by atoms with E-state index in [0.717, 1.165) is 39.0 Å². The average Bonchev–Trinajstić information content (AvgIpc) is 3.01. The van der Waals surface area contributed by atoms with E-state index in [9.17, 15) is 4.79 Å². The number of H-pyrrole nitrogens is 1. The van der Waals surface area contributed by atoms with Crippen LogP contribution >= 0.6 is 0 Å². The molecule has 1 unspecified atom stereocenters. The first kappa shape index (κ1) is 13.8. The quantitative estimate of drug-likeness (QED) is 0.763. The van der Waals surface area contributed by atoms with E-state index in [1.165, 1.54) is 0 Å². The topological polar surface area (TPSA) is 67.0 Å². The van der Waals surface area contributed by atoms with Gasteiger partial charge in [0.05, 0.1) is 18.8 Å². The summed E-state index contributed by atoms with van der Waals surface area (Å²) < 4.78 is 5.37. The zero-order valence-electron chi connectivity index (χ0n) is 13.0. The summed E-state index contributed by atoms with van der Waals surface area (Å²) in [5.41, 5.74) is 5.12. The van der Waals surface area contributed by atoms with Crippen molar-refractivity contribution in [3.05, 3.63) is 53.2 Å².